The number of hydrogen-bond donors (Lipinski definition) is 0. The Labute approximate surface area is 83.9 Å². The van der Waals surface area contributed by atoms with Crippen molar-refractivity contribution in [2.24, 2.45) is 5.41 Å². The first kappa shape index (κ1) is 10.9. The van der Waals surface area contributed by atoms with Crippen molar-refractivity contribution in [2.75, 3.05) is 0 Å². The van der Waals surface area contributed by atoms with Gasteiger partial charge in [-0.25, -0.2) is 4.39 Å². The zero-order valence-electron chi connectivity index (χ0n) is 8.75. The highest BCUT2D eigenvalue weighted by molar-refractivity contribution is 5.99. The normalized spacial score (nSPS) is 13.7. The lowest BCUT2D eigenvalue weighted by molar-refractivity contribution is 0.0730. The third-order valence-electron chi connectivity index (χ3n) is 2.05. The van der Waals surface area contributed by atoms with Crippen LogP contribution in [-0.4, -0.2) is 12.0 Å². The van der Waals surface area contributed by atoms with Crippen molar-refractivity contribution in [1.82, 2.24) is 0 Å². The second kappa shape index (κ2) is 3.91. The summed E-state index contributed by atoms with van der Waals surface area (Å²) in [6, 6.07) is 8.56. The number of hydrogen-bond acceptors (Lipinski definition) is 1. The molecule has 76 valence electrons. The van der Waals surface area contributed by atoms with Gasteiger partial charge in [0, 0.05) is 11.0 Å². The summed E-state index contributed by atoms with van der Waals surface area (Å²) in [5, 5.41) is 0. The van der Waals surface area contributed by atoms with Crippen molar-refractivity contribution in [2.45, 2.75) is 26.9 Å². The average molecular weight is 194 g/mol. The monoisotopic (exact) mass is 194 g/mol. The van der Waals surface area contributed by atoms with Crippen LogP contribution in [0.3, 0.4) is 0 Å². The van der Waals surface area contributed by atoms with E-state index in [1.807, 2.05) is 0 Å². The molecule has 0 bridgehead atoms. The summed E-state index contributed by atoms with van der Waals surface area (Å²) in [6.45, 7) is 5.16. The molecule has 0 spiro atoms. The summed E-state index contributed by atoms with van der Waals surface area (Å²) in [7, 11) is 0. The fourth-order valence-corrected chi connectivity index (χ4v) is 1.14. The predicted molar refractivity (Wildman–Crippen MR) is 55.1 cm³/mol. The first-order valence-electron chi connectivity index (χ1n) is 4.66. The molecule has 1 aromatic rings. The summed E-state index contributed by atoms with van der Waals surface area (Å²) < 4.78 is 13.6. The molecule has 0 saturated carbocycles. The van der Waals surface area contributed by atoms with Crippen molar-refractivity contribution in [1.29, 1.82) is 0 Å². The molecular weight excluding hydrogens is 179 g/mol. The van der Waals surface area contributed by atoms with E-state index in [-0.39, 0.29) is 0 Å². The number of carbonyl (C=O) groups is 1. The van der Waals surface area contributed by atoms with E-state index >= 15 is 0 Å². The second-order valence-electron chi connectivity index (χ2n) is 4.46. The smallest absolute Gasteiger partial charge is 0.197 e. The van der Waals surface area contributed by atoms with Gasteiger partial charge in [-0.2, -0.15) is 0 Å². The largest absolute Gasteiger partial charge is 0.291 e. The van der Waals surface area contributed by atoms with Crippen LogP contribution in [0.4, 0.5) is 4.39 Å². The van der Waals surface area contributed by atoms with Crippen LogP contribution in [0.1, 0.15) is 31.1 Å². The van der Waals surface area contributed by atoms with E-state index in [9.17, 15) is 9.18 Å². The Morgan fingerprint density at radius 1 is 1.21 bits per heavy atom. The molecule has 0 heterocycles. The van der Waals surface area contributed by atoms with E-state index in [1.165, 1.54) is 0 Å². The van der Waals surface area contributed by atoms with Gasteiger partial charge in [-0.05, 0) is 0 Å². The Bertz CT molecular complexity index is 311. The molecule has 0 saturated heterocycles. The zero-order chi connectivity index (χ0) is 10.8. The Hall–Kier alpha value is -1.18. The molecule has 2 heteroatoms. The molecule has 0 fully saturated rings. The number of Topliss-reactive ketones (excluding diaryl/α,β-unsaturated/α-hetero) is 1. The molecule has 0 aliphatic carbocycles. The van der Waals surface area contributed by atoms with Crippen LogP contribution in [-0.2, 0) is 0 Å². The Balaban J connectivity index is 2.87. The van der Waals surface area contributed by atoms with Gasteiger partial charge in [-0.1, -0.05) is 51.1 Å². The maximum absolute atomic E-state index is 13.6. The van der Waals surface area contributed by atoms with Crippen LogP contribution in [0.5, 0.6) is 0 Å². The average Bonchev–Trinajstić information content (AvgIpc) is 2.15. The number of benzene rings is 1. The predicted octanol–water partition coefficient (Wildman–Crippen LogP) is 3.25. The van der Waals surface area contributed by atoms with Gasteiger partial charge in [0.15, 0.2) is 12.0 Å². The Kier molecular flexibility index (Phi) is 3.04. The van der Waals surface area contributed by atoms with Gasteiger partial charge in [0.1, 0.15) is 0 Å². The molecule has 1 atom stereocenters. The molecule has 0 aliphatic rings. The zero-order valence-corrected chi connectivity index (χ0v) is 8.75. The maximum atomic E-state index is 13.6. The molecular formula is C12H15FO. The molecule has 0 N–H and O–H groups in total. The third kappa shape index (κ3) is 2.41. The number of carbonyl (C=O) groups excluding carboxylic acids is 1. The van der Waals surface area contributed by atoms with Gasteiger partial charge in [0.2, 0.25) is 0 Å². The molecule has 1 unspecified atom stereocenters. The van der Waals surface area contributed by atoms with E-state index in [0.29, 0.717) is 5.56 Å². The van der Waals surface area contributed by atoms with Crippen LogP contribution in [0.15, 0.2) is 30.3 Å². The van der Waals surface area contributed by atoms with Gasteiger partial charge in [0.25, 0.3) is 0 Å². The van der Waals surface area contributed by atoms with Crippen LogP contribution in [0.25, 0.3) is 0 Å². The molecule has 0 radical (unpaired) electrons. The van der Waals surface area contributed by atoms with E-state index in [2.05, 4.69) is 0 Å². The van der Waals surface area contributed by atoms with Crippen molar-refractivity contribution >= 4 is 5.78 Å². The van der Waals surface area contributed by atoms with Crippen molar-refractivity contribution in [3.63, 3.8) is 0 Å². The summed E-state index contributed by atoms with van der Waals surface area (Å²) >= 11 is 0. The standard InChI is InChI=1S/C12H15FO/c1-12(2,3)11(13)10(14)9-7-5-4-6-8-9/h4-8,11H,1-3H3. The highest BCUT2D eigenvalue weighted by Gasteiger charge is 2.31. The van der Waals surface area contributed by atoms with E-state index in [0.717, 1.165) is 0 Å². The lowest BCUT2D eigenvalue weighted by atomic mass is 9.86. The molecule has 1 nitrogen and oxygen atoms in total. The van der Waals surface area contributed by atoms with Gasteiger partial charge in [0.05, 0.1) is 0 Å². The lowest BCUT2D eigenvalue weighted by Crippen LogP contribution is -2.30. The second-order valence-corrected chi connectivity index (χ2v) is 4.46. The van der Waals surface area contributed by atoms with Gasteiger partial charge in [-0.15, -0.1) is 0 Å². The van der Waals surface area contributed by atoms with Gasteiger partial charge in [-0.3, -0.25) is 4.79 Å². The number of rotatable bonds is 2. The molecule has 0 aliphatic heterocycles. The summed E-state index contributed by atoms with van der Waals surface area (Å²) in [4.78, 5) is 11.6. The van der Waals surface area contributed by atoms with Crippen LogP contribution in [0.2, 0.25) is 0 Å². The van der Waals surface area contributed by atoms with Gasteiger partial charge < -0.3 is 0 Å². The van der Waals surface area contributed by atoms with Crippen LogP contribution in [0, 0.1) is 5.41 Å². The lowest BCUT2D eigenvalue weighted by Gasteiger charge is -2.22. The fraction of sp³-hybridized carbons (Fsp3) is 0.417. The minimum Gasteiger partial charge on any atom is -0.291 e. The van der Waals surface area contributed by atoms with Crippen molar-refractivity contribution < 1.29 is 9.18 Å². The summed E-state index contributed by atoms with van der Waals surface area (Å²) in [5.41, 5.74) is -0.192. The minimum absolute atomic E-state index is 0.432. The first-order chi connectivity index (χ1) is 6.43. The Morgan fingerprint density at radius 3 is 2.14 bits per heavy atom. The SMILES string of the molecule is CC(C)(C)C(F)C(=O)c1ccccc1. The maximum Gasteiger partial charge on any atom is 0.197 e. The Morgan fingerprint density at radius 2 is 1.71 bits per heavy atom. The number of halogens is 1. The van der Waals surface area contributed by atoms with E-state index in [4.69, 9.17) is 0 Å². The van der Waals surface area contributed by atoms with Crippen LogP contribution >= 0.6 is 0 Å². The molecule has 0 amide bonds. The quantitative estimate of drug-likeness (QED) is 0.660. The topological polar surface area (TPSA) is 17.1 Å². The molecule has 0 aromatic heterocycles. The van der Waals surface area contributed by atoms with Gasteiger partial charge >= 0.3 is 0 Å². The van der Waals surface area contributed by atoms with Crippen molar-refractivity contribution in [3.05, 3.63) is 35.9 Å². The molecule has 1 rings (SSSR count). The highest BCUT2D eigenvalue weighted by Crippen LogP contribution is 2.25. The van der Waals surface area contributed by atoms with E-state index in [1.54, 1.807) is 51.1 Å². The summed E-state index contributed by atoms with van der Waals surface area (Å²) in [5.74, 6) is -0.432. The third-order valence-corrected chi connectivity index (χ3v) is 2.05. The highest BCUT2D eigenvalue weighted by atomic mass is 19.1. The summed E-state index contributed by atoms with van der Waals surface area (Å²) in [6.07, 6.45) is -1.44. The first-order valence-corrected chi connectivity index (χ1v) is 4.66. The number of ketones is 1. The molecule has 14 heavy (non-hydrogen) atoms. The van der Waals surface area contributed by atoms with Crippen LogP contribution < -0.4 is 0 Å². The molecule has 1 aromatic carbocycles. The van der Waals surface area contributed by atoms with E-state index < -0.39 is 17.4 Å². The fourth-order valence-electron chi connectivity index (χ4n) is 1.14. The number of alkyl halides is 1. The van der Waals surface area contributed by atoms with Crippen molar-refractivity contribution in [3.8, 4) is 0 Å². The minimum atomic E-state index is -1.44.